The summed E-state index contributed by atoms with van der Waals surface area (Å²) in [5.41, 5.74) is 0. The summed E-state index contributed by atoms with van der Waals surface area (Å²) in [5.74, 6) is 0.770. The maximum absolute atomic E-state index is 10.8. The van der Waals surface area contributed by atoms with E-state index in [0.29, 0.717) is 12.6 Å². The maximum atomic E-state index is 10.8. The van der Waals surface area contributed by atoms with Crippen LogP contribution in [0.2, 0.25) is 0 Å². The lowest BCUT2D eigenvalue weighted by atomic mass is 9.84. The molecule has 0 aromatic rings. The van der Waals surface area contributed by atoms with Crippen LogP contribution in [0, 0.1) is 5.92 Å². The summed E-state index contributed by atoms with van der Waals surface area (Å²) in [6, 6.07) is 0.467. The molecule has 0 radical (unpaired) electrons. The van der Waals surface area contributed by atoms with Crippen LogP contribution in [0.25, 0.3) is 0 Å². The predicted octanol–water partition coefficient (Wildman–Crippen LogP) is -1.04. The highest BCUT2D eigenvalue weighted by Gasteiger charge is 2.33. The van der Waals surface area contributed by atoms with E-state index in [2.05, 4.69) is 10.2 Å². The minimum atomic E-state index is -3.31. The summed E-state index contributed by atoms with van der Waals surface area (Å²) < 4.78 is 21.5. The van der Waals surface area contributed by atoms with Crippen LogP contribution in [0.3, 0.4) is 0 Å². The van der Waals surface area contributed by atoms with Crippen LogP contribution in [0.5, 0.6) is 0 Å². The van der Waals surface area contributed by atoms with Crippen LogP contribution in [-0.4, -0.2) is 51.3 Å². The van der Waals surface area contributed by atoms with Gasteiger partial charge >= 0.3 is 0 Å². The first-order valence-corrected chi connectivity index (χ1v) is 7.22. The molecule has 3 N–H and O–H groups in total. The average molecular weight is 233 g/mol. The Kier molecular flexibility index (Phi) is 3.30. The summed E-state index contributed by atoms with van der Waals surface area (Å²) in [6.07, 6.45) is 2.49. The fourth-order valence-electron chi connectivity index (χ4n) is 2.58. The highest BCUT2D eigenvalue weighted by Crippen LogP contribution is 2.27. The SMILES string of the molecule is NS(=O)(=O)CCNC1CN2CCC1CC2. The maximum Gasteiger partial charge on any atom is 0.210 e. The van der Waals surface area contributed by atoms with Crippen molar-refractivity contribution in [2.45, 2.75) is 18.9 Å². The van der Waals surface area contributed by atoms with Crippen molar-refractivity contribution >= 4 is 10.0 Å². The van der Waals surface area contributed by atoms with E-state index in [-0.39, 0.29) is 5.75 Å². The van der Waals surface area contributed by atoms with Gasteiger partial charge in [-0.15, -0.1) is 0 Å². The van der Waals surface area contributed by atoms with Crippen LogP contribution in [0.15, 0.2) is 0 Å². The Morgan fingerprint density at radius 3 is 2.47 bits per heavy atom. The van der Waals surface area contributed by atoms with Gasteiger partial charge in [-0.1, -0.05) is 0 Å². The van der Waals surface area contributed by atoms with Crippen LogP contribution in [-0.2, 0) is 10.0 Å². The smallest absolute Gasteiger partial charge is 0.210 e. The second-order valence-electron chi connectivity index (χ2n) is 4.57. The van der Waals surface area contributed by atoms with Crippen LogP contribution >= 0.6 is 0 Å². The van der Waals surface area contributed by atoms with Crippen molar-refractivity contribution in [1.82, 2.24) is 10.2 Å². The van der Waals surface area contributed by atoms with E-state index < -0.39 is 10.0 Å². The molecule has 0 aromatic carbocycles. The first-order chi connectivity index (χ1) is 7.04. The van der Waals surface area contributed by atoms with Crippen molar-refractivity contribution in [1.29, 1.82) is 0 Å². The Labute approximate surface area is 91.1 Å². The molecule has 88 valence electrons. The molecular weight excluding hydrogens is 214 g/mol. The fraction of sp³-hybridized carbons (Fsp3) is 1.00. The Morgan fingerprint density at radius 1 is 1.33 bits per heavy atom. The topological polar surface area (TPSA) is 75.4 Å². The average Bonchev–Trinajstić information content (AvgIpc) is 2.17. The fourth-order valence-corrected chi connectivity index (χ4v) is 2.99. The van der Waals surface area contributed by atoms with Gasteiger partial charge < -0.3 is 10.2 Å². The molecule has 0 amide bonds. The molecule has 5 nitrogen and oxygen atoms in total. The van der Waals surface area contributed by atoms with Crippen molar-refractivity contribution in [3.8, 4) is 0 Å². The number of nitrogens with one attached hydrogen (secondary N) is 1. The van der Waals surface area contributed by atoms with Crippen LogP contribution in [0.1, 0.15) is 12.8 Å². The van der Waals surface area contributed by atoms with Crippen molar-refractivity contribution in [3.63, 3.8) is 0 Å². The molecular formula is C9H19N3O2S. The number of piperidine rings is 3. The van der Waals surface area contributed by atoms with Crippen molar-refractivity contribution < 1.29 is 8.42 Å². The van der Waals surface area contributed by atoms with E-state index in [9.17, 15) is 8.42 Å². The van der Waals surface area contributed by atoms with Gasteiger partial charge in [0, 0.05) is 19.1 Å². The first kappa shape index (κ1) is 11.3. The van der Waals surface area contributed by atoms with E-state index in [1.54, 1.807) is 0 Å². The number of sulfonamides is 1. The summed E-state index contributed by atoms with van der Waals surface area (Å²) in [6.45, 7) is 3.96. The molecule has 1 unspecified atom stereocenters. The van der Waals surface area contributed by atoms with E-state index in [4.69, 9.17) is 5.14 Å². The Morgan fingerprint density at radius 2 is 2.00 bits per heavy atom. The third-order valence-corrected chi connectivity index (χ3v) is 4.22. The molecule has 0 aliphatic carbocycles. The number of hydrogen-bond acceptors (Lipinski definition) is 4. The summed E-state index contributed by atoms with van der Waals surface area (Å²) in [5, 5.41) is 8.26. The van der Waals surface area contributed by atoms with Crippen LogP contribution in [0.4, 0.5) is 0 Å². The largest absolute Gasteiger partial charge is 0.311 e. The molecule has 3 fully saturated rings. The molecule has 3 saturated heterocycles. The zero-order chi connectivity index (χ0) is 10.9. The number of nitrogens with two attached hydrogens (primary N) is 1. The Bertz CT molecular complexity index is 309. The summed E-state index contributed by atoms with van der Waals surface area (Å²) >= 11 is 0. The Balaban J connectivity index is 1.76. The molecule has 15 heavy (non-hydrogen) atoms. The molecule has 1 atom stereocenters. The van der Waals surface area contributed by atoms with E-state index in [0.717, 1.165) is 12.5 Å². The van der Waals surface area contributed by atoms with Crippen molar-refractivity contribution in [3.05, 3.63) is 0 Å². The second-order valence-corrected chi connectivity index (χ2v) is 6.30. The second kappa shape index (κ2) is 4.37. The number of nitrogens with zero attached hydrogens (tertiary/aromatic N) is 1. The van der Waals surface area contributed by atoms with E-state index in [1.165, 1.54) is 25.9 Å². The lowest BCUT2D eigenvalue weighted by molar-refractivity contribution is 0.0738. The molecule has 3 aliphatic rings. The normalized spacial score (nSPS) is 35.7. The third-order valence-electron chi connectivity index (χ3n) is 3.45. The standard InChI is InChI=1S/C9H19N3O2S/c10-15(13,14)6-3-11-9-7-12-4-1-8(9)2-5-12/h8-9,11H,1-7H2,(H2,10,13,14). The minimum absolute atomic E-state index is 0.0379. The number of rotatable bonds is 4. The third kappa shape index (κ3) is 3.14. The molecule has 0 aromatic heterocycles. The molecule has 6 heteroatoms. The van der Waals surface area contributed by atoms with Crippen LogP contribution < -0.4 is 10.5 Å². The molecule has 3 rings (SSSR count). The van der Waals surface area contributed by atoms with E-state index in [1.807, 2.05) is 0 Å². The molecule has 0 spiro atoms. The first-order valence-electron chi connectivity index (χ1n) is 5.51. The lowest BCUT2D eigenvalue weighted by Gasteiger charge is -2.45. The lowest BCUT2D eigenvalue weighted by Crippen LogP contribution is -2.56. The van der Waals surface area contributed by atoms with Crippen molar-refractivity contribution in [2.24, 2.45) is 11.1 Å². The number of primary sulfonamides is 1. The van der Waals surface area contributed by atoms with Crippen molar-refractivity contribution in [2.75, 3.05) is 31.9 Å². The summed E-state index contributed by atoms with van der Waals surface area (Å²) in [7, 11) is -3.31. The van der Waals surface area contributed by atoms with Gasteiger partial charge in [0.05, 0.1) is 5.75 Å². The van der Waals surface area contributed by atoms with Gasteiger partial charge in [0.1, 0.15) is 0 Å². The molecule has 3 heterocycles. The van der Waals surface area contributed by atoms with Gasteiger partial charge in [-0.05, 0) is 31.8 Å². The van der Waals surface area contributed by atoms with Gasteiger partial charge in [0.15, 0.2) is 0 Å². The zero-order valence-electron chi connectivity index (χ0n) is 8.85. The number of fused-ring (bicyclic) bond motifs is 3. The highest BCUT2D eigenvalue weighted by molar-refractivity contribution is 7.89. The highest BCUT2D eigenvalue weighted by atomic mass is 32.2. The van der Waals surface area contributed by atoms with Gasteiger partial charge in [0.25, 0.3) is 0 Å². The molecule has 0 saturated carbocycles. The predicted molar refractivity (Wildman–Crippen MR) is 58.9 cm³/mol. The quantitative estimate of drug-likeness (QED) is 0.650. The van der Waals surface area contributed by atoms with E-state index >= 15 is 0 Å². The monoisotopic (exact) mass is 233 g/mol. The van der Waals surface area contributed by atoms with Gasteiger partial charge in [0.2, 0.25) is 10.0 Å². The minimum Gasteiger partial charge on any atom is -0.311 e. The molecule has 2 bridgehead atoms. The summed E-state index contributed by atoms with van der Waals surface area (Å²) in [4.78, 5) is 2.44. The van der Waals surface area contributed by atoms with Gasteiger partial charge in [-0.3, -0.25) is 0 Å². The zero-order valence-corrected chi connectivity index (χ0v) is 9.67. The number of hydrogen-bond donors (Lipinski definition) is 2. The van der Waals surface area contributed by atoms with Gasteiger partial charge in [-0.2, -0.15) is 0 Å². The Hall–Kier alpha value is -0.170. The molecule has 3 aliphatic heterocycles. The van der Waals surface area contributed by atoms with Gasteiger partial charge in [-0.25, -0.2) is 13.6 Å².